The van der Waals surface area contributed by atoms with Crippen molar-refractivity contribution in [2.45, 2.75) is 199 Å². The first-order chi connectivity index (χ1) is 27.5. The molecule has 0 aromatic rings. The second kappa shape index (κ2) is 39.6. The maximum absolute atomic E-state index is 12.8. The van der Waals surface area contributed by atoms with Gasteiger partial charge >= 0.3 is 0 Å². The highest BCUT2D eigenvalue weighted by molar-refractivity contribution is 7.45. The first-order valence-electron chi connectivity index (χ1n) is 23.2. The summed E-state index contributed by atoms with van der Waals surface area (Å²) >= 11 is 0. The third kappa shape index (κ3) is 42.1. The number of likely N-dealkylation sites (N-methyl/N-ethyl adjacent to an activating group) is 1. The summed E-state index contributed by atoms with van der Waals surface area (Å²) in [7, 11) is 1.22. The third-order valence-corrected chi connectivity index (χ3v) is 10.9. The van der Waals surface area contributed by atoms with Gasteiger partial charge < -0.3 is 28.8 Å². The van der Waals surface area contributed by atoms with Crippen molar-refractivity contribution >= 4 is 13.7 Å². The van der Waals surface area contributed by atoms with Gasteiger partial charge in [-0.3, -0.25) is 9.36 Å². The van der Waals surface area contributed by atoms with Gasteiger partial charge in [-0.1, -0.05) is 177 Å². The van der Waals surface area contributed by atoms with Crippen molar-refractivity contribution in [3.05, 3.63) is 60.8 Å². The highest BCUT2D eigenvalue weighted by Crippen LogP contribution is 2.38. The fraction of sp³-hybridized carbons (Fsp3) is 0.771. The van der Waals surface area contributed by atoms with Crippen molar-refractivity contribution in [2.24, 2.45) is 0 Å². The minimum absolute atomic E-state index is 0.0124. The van der Waals surface area contributed by atoms with Gasteiger partial charge in [0.25, 0.3) is 7.82 Å². The highest BCUT2D eigenvalue weighted by atomic mass is 31.2. The molecule has 2 N–H and O–H groups in total. The van der Waals surface area contributed by atoms with Crippen LogP contribution in [0.15, 0.2) is 60.8 Å². The van der Waals surface area contributed by atoms with Gasteiger partial charge in [0, 0.05) is 6.42 Å². The molecule has 0 spiro atoms. The number of hydrogen-bond donors (Lipinski definition) is 2. The lowest BCUT2D eigenvalue weighted by Crippen LogP contribution is -2.45. The fourth-order valence-electron chi connectivity index (χ4n) is 6.30. The van der Waals surface area contributed by atoms with Crippen LogP contribution in [0.25, 0.3) is 0 Å². The molecule has 0 aliphatic heterocycles. The van der Waals surface area contributed by atoms with Crippen LogP contribution in [-0.4, -0.2) is 68.5 Å². The molecule has 1 amide bonds. The van der Waals surface area contributed by atoms with Crippen molar-refractivity contribution in [2.75, 3.05) is 40.9 Å². The van der Waals surface area contributed by atoms with Crippen LogP contribution < -0.4 is 10.2 Å². The van der Waals surface area contributed by atoms with E-state index < -0.39 is 26.6 Å². The maximum Gasteiger partial charge on any atom is 0.268 e. The quantitative estimate of drug-likeness (QED) is 0.0275. The number of phosphoric acid groups is 1. The lowest BCUT2D eigenvalue weighted by atomic mass is 10.0. The Kier molecular flexibility index (Phi) is 38.4. The van der Waals surface area contributed by atoms with E-state index in [1.54, 1.807) is 6.08 Å². The number of aliphatic hydroxyl groups is 1. The van der Waals surface area contributed by atoms with Gasteiger partial charge in [0.15, 0.2) is 0 Å². The molecular formula is C48H89N2O6P. The molecule has 0 saturated heterocycles. The largest absolute Gasteiger partial charge is 0.756 e. The molecule has 3 unspecified atom stereocenters. The Balaban J connectivity index is 4.47. The van der Waals surface area contributed by atoms with Crippen LogP contribution in [0, 0.1) is 0 Å². The van der Waals surface area contributed by atoms with Crippen molar-refractivity contribution in [3.8, 4) is 0 Å². The van der Waals surface area contributed by atoms with E-state index in [4.69, 9.17) is 9.05 Å². The average Bonchev–Trinajstić information content (AvgIpc) is 3.16. The molecule has 3 atom stereocenters. The minimum Gasteiger partial charge on any atom is -0.756 e. The Morgan fingerprint density at radius 1 is 0.632 bits per heavy atom. The number of rotatable bonds is 41. The van der Waals surface area contributed by atoms with Gasteiger partial charge in [-0.05, 0) is 64.2 Å². The van der Waals surface area contributed by atoms with Gasteiger partial charge in [0.05, 0.1) is 39.9 Å². The van der Waals surface area contributed by atoms with E-state index in [0.717, 1.165) is 77.0 Å². The fourth-order valence-corrected chi connectivity index (χ4v) is 7.02. The molecule has 0 aliphatic rings. The highest BCUT2D eigenvalue weighted by Gasteiger charge is 2.23. The Morgan fingerprint density at radius 3 is 1.63 bits per heavy atom. The van der Waals surface area contributed by atoms with E-state index in [1.165, 1.54) is 89.9 Å². The lowest BCUT2D eigenvalue weighted by molar-refractivity contribution is -0.870. The van der Waals surface area contributed by atoms with E-state index in [1.807, 2.05) is 27.2 Å². The summed E-state index contributed by atoms with van der Waals surface area (Å²) in [6.07, 6.45) is 51.3. The summed E-state index contributed by atoms with van der Waals surface area (Å²) in [6, 6.07) is -0.914. The smallest absolute Gasteiger partial charge is 0.268 e. The Bertz CT molecular complexity index is 1110. The first-order valence-corrected chi connectivity index (χ1v) is 24.6. The van der Waals surface area contributed by atoms with Gasteiger partial charge in [-0.2, -0.15) is 0 Å². The average molecular weight is 821 g/mol. The van der Waals surface area contributed by atoms with Crippen LogP contribution in [-0.2, 0) is 18.4 Å². The molecule has 0 fully saturated rings. The molecule has 0 radical (unpaired) electrons. The van der Waals surface area contributed by atoms with Gasteiger partial charge in [0.2, 0.25) is 5.91 Å². The van der Waals surface area contributed by atoms with Crippen LogP contribution >= 0.6 is 7.82 Å². The molecule has 0 heterocycles. The lowest BCUT2D eigenvalue weighted by Gasteiger charge is -2.29. The summed E-state index contributed by atoms with van der Waals surface area (Å²) in [4.78, 5) is 25.3. The number of quaternary nitrogens is 1. The van der Waals surface area contributed by atoms with Crippen LogP contribution in [0.5, 0.6) is 0 Å². The van der Waals surface area contributed by atoms with Crippen LogP contribution in [0.1, 0.15) is 187 Å². The predicted octanol–water partition coefficient (Wildman–Crippen LogP) is 12.4. The topological polar surface area (TPSA) is 108 Å². The van der Waals surface area contributed by atoms with Crippen molar-refractivity contribution in [1.29, 1.82) is 0 Å². The molecule has 9 heteroatoms. The minimum atomic E-state index is -4.60. The monoisotopic (exact) mass is 821 g/mol. The Labute approximate surface area is 351 Å². The molecule has 0 bridgehead atoms. The number of hydrogen-bond acceptors (Lipinski definition) is 6. The zero-order chi connectivity index (χ0) is 42.1. The number of phosphoric ester groups is 1. The predicted molar refractivity (Wildman–Crippen MR) is 242 cm³/mol. The normalized spacial score (nSPS) is 14.9. The zero-order valence-corrected chi connectivity index (χ0v) is 38.4. The molecule has 332 valence electrons. The van der Waals surface area contributed by atoms with Crippen LogP contribution in [0.2, 0.25) is 0 Å². The van der Waals surface area contributed by atoms with Crippen molar-refractivity contribution in [3.63, 3.8) is 0 Å². The molecule has 0 saturated carbocycles. The molecule has 0 aliphatic carbocycles. The number of carbonyl (C=O) groups is 1. The summed E-state index contributed by atoms with van der Waals surface area (Å²) in [6.45, 7) is 4.49. The van der Waals surface area contributed by atoms with E-state index in [-0.39, 0.29) is 12.5 Å². The number of aliphatic hydroxyl groups excluding tert-OH is 1. The number of carbonyl (C=O) groups excluding carboxylic acids is 1. The van der Waals surface area contributed by atoms with Crippen molar-refractivity contribution in [1.82, 2.24) is 5.32 Å². The molecular weight excluding hydrogens is 732 g/mol. The summed E-state index contributed by atoms with van der Waals surface area (Å²) < 4.78 is 23.2. The van der Waals surface area contributed by atoms with Crippen LogP contribution in [0.4, 0.5) is 0 Å². The number of nitrogens with zero attached hydrogens (tertiary/aromatic N) is 1. The summed E-state index contributed by atoms with van der Waals surface area (Å²) in [5.41, 5.74) is 0. The summed E-state index contributed by atoms with van der Waals surface area (Å²) in [5.74, 6) is -0.227. The first kappa shape index (κ1) is 55.2. The van der Waals surface area contributed by atoms with E-state index >= 15 is 0 Å². The zero-order valence-electron chi connectivity index (χ0n) is 37.5. The molecule has 57 heavy (non-hydrogen) atoms. The van der Waals surface area contributed by atoms with Gasteiger partial charge in [0.1, 0.15) is 13.2 Å². The molecule has 0 aromatic carbocycles. The van der Waals surface area contributed by atoms with Crippen molar-refractivity contribution < 1.29 is 32.9 Å². The third-order valence-electron chi connectivity index (χ3n) is 9.96. The molecule has 0 rings (SSSR count). The second-order valence-corrected chi connectivity index (χ2v) is 18.1. The summed E-state index contributed by atoms with van der Waals surface area (Å²) in [5, 5.41) is 13.8. The number of unbranched alkanes of at least 4 members (excludes halogenated alkanes) is 20. The molecule has 0 aromatic heterocycles. The SMILES string of the molecule is CC/C=C\C/C=C\C/C=C\CCCCCCCC(=O)NC(COP(=O)([O-])OCC[N+](C)(C)C)C(O)/C=C/CC/C=C/CCCCCCCCCCCCCCCC. The molecule has 8 nitrogen and oxygen atoms in total. The Morgan fingerprint density at radius 2 is 1.09 bits per heavy atom. The standard InChI is InChI=1S/C48H89N2O6P/c1-6-8-10-12-14-16-18-20-22-23-24-25-26-28-29-31-33-35-37-39-41-47(51)46(45-56-57(53,54)55-44-43-50(3,4)5)49-48(52)42-40-38-36-34-32-30-27-21-19-17-15-13-11-9-7-2/h9,11,15,17,21,27,31,33,39,41,46-47,51H,6-8,10,12-14,16,18-20,22-26,28-30,32,34-38,40,42-45H2,1-5H3,(H-,49,52,53,54)/b11-9-,17-15-,27-21-,33-31+,41-39+. The second-order valence-electron chi connectivity index (χ2n) is 16.7. The van der Waals surface area contributed by atoms with Crippen LogP contribution in [0.3, 0.4) is 0 Å². The number of nitrogens with one attached hydrogen (secondary N) is 1. The van der Waals surface area contributed by atoms with E-state index in [9.17, 15) is 19.4 Å². The van der Waals surface area contributed by atoms with Gasteiger partial charge in [-0.25, -0.2) is 0 Å². The Hall–Kier alpha value is -1.80. The number of allylic oxidation sites excluding steroid dienone is 9. The van der Waals surface area contributed by atoms with Gasteiger partial charge in [-0.15, -0.1) is 0 Å². The number of amides is 1. The maximum atomic E-state index is 12.8. The van der Waals surface area contributed by atoms with E-state index in [2.05, 4.69) is 67.8 Å². The van der Waals surface area contributed by atoms with E-state index in [0.29, 0.717) is 17.4 Å².